The van der Waals surface area contributed by atoms with Crippen molar-refractivity contribution in [3.05, 3.63) is 77.0 Å². The number of imidazole rings is 1. The molecule has 0 spiro atoms. The number of amides is 1. The SMILES string of the molecule is CCc1cnc(CNC(=O)c2[nH]c3ccc(Cl)cc3c2S(=O)(=O)c2ccccc2)[nH]1. The number of hydrogen-bond acceptors (Lipinski definition) is 4. The van der Waals surface area contributed by atoms with E-state index >= 15 is 0 Å². The van der Waals surface area contributed by atoms with Crippen LogP contribution in [0.3, 0.4) is 0 Å². The summed E-state index contributed by atoms with van der Waals surface area (Å²) in [5, 5.41) is 3.47. The van der Waals surface area contributed by atoms with Crippen molar-refractivity contribution in [1.82, 2.24) is 20.3 Å². The van der Waals surface area contributed by atoms with Gasteiger partial charge in [0.2, 0.25) is 9.84 Å². The Bertz CT molecular complexity index is 1330. The summed E-state index contributed by atoms with van der Waals surface area (Å²) in [4.78, 5) is 23.2. The van der Waals surface area contributed by atoms with Crippen LogP contribution in [0.1, 0.15) is 28.9 Å². The lowest BCUT2D eigenvalue weighted by Gasteiger charge is -2.08. The molecule has 0 aliphatic heterocycles. The molecule has 0 saturated carbocycles. The lowest BCUT2D eigenvalue weighted by atomic mass is 10.2. The molecule has 7 nitrogen and oxygen atoms in total. The fourth-order valence-corrected chi connectivity index (χ4v) is 5.02. The smallest absolute Gasteiger partial charge is 0.269 e. The molecule has 2 heterocycles. The third-order valence-corrected chi connectivity index (χ3v) is 6.83. The van der Waals surface area contributed by atoms with E-state index in [0.29, 0.717) is 21.7 Å². The van der Waals surface area contributed by atoms with Gasteiger partial charge in [-0.05, 0) is 36.8 Å². The van der Waals surface area contributed by atoms with Crippen LogP contribution in [0.5, 0.6) is 0 Å². The number of halogens is 1. The summed E-state index contributed by atoms with van der Waals surface area (Å²) >= 11 is 6.11. The zero-order valence-electron chi connectivity index (χ0n) is 16.1. The van der Waals surface area contributed by atoms with Crippen LogP contribution in [0.15, 0.2) is 64.5 Å². The number of rotatable bonds is 6. The molecule has 0 atom stereocenters. The van der Waals surface area contributed by atoms with Crippen molar-refractivity contribution in [1.29, 1.82) is 0 Å². The highest BCUT2D eigenvalue weighted by Gasteiger charge is 2.29. The van der Waals surface area contributed by atoms with Gasteiger partial charge in [0.05, 0.1) is 11.4 Å². The predicted molar refractivity (Wildman–Crippen MR) is 114 cm³/mol. The van der Waals surface area contributed by atoms with Gasteiger partial charge in [-0.3, -0.25) is 4.79 Å². The highest BCUT2D eigenvalue weighted by Crippen LogP contribution is 2.33. The van der Waals surface area contributed by atoms with E-state index in [-0.39, 0.29) is 22.0 Å². The van der Waals surface area contributed by atoms with E-state index < -0.39 is 15.7 Å². The number of H-pyrrole nitrogens is 2. The molecule has 4 rings (SSSR count). The Kier molecular flexibility index (Phi) is 5.36. The number of aryl methyl sites for hydroxylation is 1. The van der Waals surface area contributed by atoms with Gasteiger partial charge in [-0.25, -0.2) is 13.4 Å². The van der Waals surface area contributed by atoms with Crippen molar-refractivity contribution in [2.75, 3.05) is 0 Å². The summed E-state index contributed by atoms with van der Waals surface area (Å²) in [6, 6.07) is 12.8. The highest BCUT2D eigenvalue weighted by atomic mass is 35.5. The lowest BCUT2D eigenvalue weighted by Crippen LogP contribution is -2.25. The number of nitrogens with one attached hydrogen (secondary N) is 3. The van der Waals surface area contributed by atoms with Gasteiger partial charge < -0.3 is 15.3 Å². The van der Waals surface area contributed by atoms with Crippen LogP contribution in [0.2, 0.25) is 5.02 Å². The highest BCUT2D eigenvalue weighted by molar-refractivity contribution is 7.91. The van der Waals surface area contributed by atoms with E-state index in [1.54, 1.807) is 42.6 Å². The Morgan fingerprint density at radius 2 is 1.90 bits per heavy atom. The Hall–Kier alpha value is -3.10. The first-order valence-electron chi connectivity index (χ1n) is 9.32. The fourth-order valence-electron chi connectivity index (χ4n) is 3.22. The van der Waals surface area contributed by atoms with E-state index in [1.807, 2.05) is 6.92 Å². The molecule has 0 saturated heterocycles. The van der Waals surface area contributed by atoms with Crippen molar-refractivity contribution in [3.63, 3.8) is 0 Å². The average Bonchev–Trinajstić information content (AvgIpc) is 3.37. The van der Waals surface area contributed by atoms with Crippen LogP contribution in [0.4, 0.5) is 0 Å². The Morgan fingerprint density at radius 3 is 2.60 bits per heavy atom. The molecule has 9 heteroatoms. The van der Waals surface area contributed by atoms with Crippen LogP contribution < -0.4 is 5.32 Å². The van der Waals surface area contributed by atoms with E-state index in [0.717, 1.165) is 12.1 Å². The molecular weight excluding hydrogens is 424 g/mol. The second kappa shape index (κ2) is 7.97. The van der Waals surface area contributed by atoms with E-state index in [2.05, 4.69) is 20.3 Å². The molecule has 2 aromatic heterocycles. The van der Waals surface area contributed by atoms with Gasteiger partial charge in [0, 0.05) is 27.8 Å². The summed E-state index contributed by atoms with van der Waals surface area (Å²) in [6.45, 7) is 2.13. The molecule has 30 heavy (non-hydrogen) atoms. The van der Waals surface area contributed by atoms with Crippen LogP contribution in [0, 0.1) is 0 Å². The third kappa shape index (κ3) is 3.71. The number of carbonyl (C=O) groups is 1. The van der Waals surface area contributed by atoms with Crippen LogP contribution in [-0.4, -0.2) is 29.3 Å². The Balaban J connectivity index is 1.77. The molecule has 2 aromatic carbocycles. The number of benzene rings is 2. The van der Waals surface area contributed by atoms with Gasteiger partial charge in [-0.1, -0.05) is 36.7 Å². The molecule has 1 amide bonds. The minimum absolute atomic E-state index is 0.0432. The number of carbonyl (C=O) groups excluding carboxylic acids is 1. The summed E-state index contributed by atoms with van der Waals surface area (Å²) in [6.07, 6.45) is 2.50. The van der Waals surface area contributed by atoms with Crippen molar-refractivity contribution in [2.45, 2.75) is 29.7 Å². The van der Waals surface area contributed by atoms with E-state index in [9.17, 15) is 13.2 Å². The van der Waals surface area contributed by atoms with Crippen LogP contribution in [-0.2, 0) is 22.8 Å². The number of sulfone groups is 1. The van der Waals surface area contributed by atoms with Crippen molar-refractivity contribution in [2.24, 2.45) is 0 Å². The van der Waals surface area contributed by atoms with Gasteiger partial charge in [-0.15, -0.1) is 0 Å². The average molecular weight is 443 g/mol. The topological polar surface area (TPSA) is 108 Å². The maximum atomic E-state index is 13.4. The standard InChI is InChI=1S/C21H19ClN4O3S/c1-2-14-11-23-18(25-14)12-24-21(27)19-20(16-10-13(22)8-9-17(16)26-19)30(28,29)15-6-4-3-5-7-15/h3-11,26H,2,12H2,1H3,(H,23,25)(H,24,27). The summed E-state index contributed by atoms with van der Waals surface area (Å²) in [5.41, 5.74) is 1.41. The van der Waals surface area contributed by atoms with Gasteiger partial charge in [0.1, 0.15) is 16.4 Å². The molecular formula is C21H19ClN4O3S. The zero-order chi connectivity index (χ0) is 21.3. The van der Waals surface area contributed by atoms with Crippen molar-refractivity contribution < 1.29 is 13.2 Å². The molecule has 3 N–H and O–H groups in total. The van der Waals surface area contributed by atoms with Gasteiger partial charge >= 0.3 is 0 Å². The van der Waals surface area contributed by atoms with Crippen molar-refractivity contribution >= 4 is 38.2 Å². The fraction of sp³-hybridized carbons (Fsp3) is 0.143. The second-order valence-electron chi connectivity index (χ2n) is 6.73. The van der Waals surface area contributed by atoms with Crippen LogP contribution >= 0.6 is 11.6 Å². The summed E-state index contributed by atoms with van der Waals surface area (Å²) in [5.74, 6) is 0.0399. The predicted octanol–water partition coefficient (Wildman–Crippen LogP) is 3.87. The molecule has 0 bridgehead atoms. The molecule has 154 valence electrons. The molecule has 0 radical (unpaired) electrons. The normalized spacial score (nSPS) is 11.7. The monoisotopic (exact) mass is 442 g/mol. The summed E-state index contributed by atoms with van der Waals surface area (Å²) < 4.78 is 26.8. The van der Waals surface area contributed by atoms with Gasteiger partial charge in [-0.2, -0.15) is 0 Å². The largest absolute Gasteiger partial charge is 0.349 e. The first kappa shape index (κ1) is 20.2. The third-order valence-electron chi connectivity index (χ3n) is 4.74. The van der Waals surface area contributed by atoms with Gasteiger partial charge in [0.25, 0.3) is 5.91 Å². The first-order chi connectivity index (χ1) is 14.4. The number of aromatic nitrogens is 3. The molecule has 0 unspecified atom stereocenters. The lowest BCUT2D eigenvalue weighted by molar-refractivity contribution is 0.0942. The number of fused-ring (bicyclic) bond motifs is 1. The Morgan fingerprint density at radius 1 is 1.13 bits per heavy atom. The number of aromatic amines is 2. The Labute approximate surface area is 178 Å². The maximum absolute atomic E-state index is 13.4. The summed E-state index contributed by atoms with van der Waals surface area (Å²) in [7, 11) is -3.97. The van der Waals surface area contributed by atoms with E-state index in [1.165, 1.54) is 12.1 Å². The number of nitrogens with zero attached hydrogens (tertiary/aromatic N) is 1. The quantitative estimate of drug-likeness (QED) is 0.421. The molecule has 0 aliphatic carbocycles. The minimum atomic E-state index is -3.97. The maximum Gasteiger partial charge on any atom is 0.269 e. The van der Waals surface area contributed by atoms with E-state index in [4.69, 9.17) is 11.6 Å². The first-order valence-corrected chi connectivity index (χ1v) is 11.2. The van der Waals surface area contributed by atoms with Crippen molar-refractivity contribution in [3.8, 4) is 0 Å². The molecule has 0 fully saturated rings. The molecule has 4 aromatic rings. The van der Waals surface area contributed by atoms with Gasteiger partial charge in [0.15, 0.2) is 0 Å². The minimum Gasteiger partial charge on any atom is -0.349 e. The number of hydrogen-bond donors (Lipinski definition) is 3. The second-order valence-corrected chi connectivity index (χ2v) is 9.05. The molecule has 0 aliphatic rings. The van der Waals surface area contributed by atoms with Crippen LogP contribution in [0.25, 0.3) is 10.9 Å². The zero-order valence-corrected chi connectivity index (χ0v) is 17.6.